The van der Waals surface area contributed by atoms with E-state index in [-0.39, 0.29) is 0 Å². The molecule has 15 heavy (non-hydrogen) atoms. The summed E-state index contributed by atoms with van der Waals surface area (Å²) in [4.78, 5) is 2.32. The lowest BCUT2D eigenvalue weighted by atomic mass is 10.2. The lowest BCUT2D eigenvalue weighted by Crippen LogP contribution is -1.90. The van der Waals surface area contributed by atoms with Crippen molar-refractivity contribution in [3.63, 3.8) is 0 Å². The van der Waals surface area contributed by atoms with Crippen molar-refractivity contribution >= 4 is 17.4 Å². The Morgan fingerprint density at radius 2 is 1.93 bits per heavy atom. The molecule has 0 bridgehead atoms. The molecule has 0 amide bonds. The van der Waals surface area contributed by atoms with Gasteiger partial charge in [0.15, 0.2) is 0 Å². The van der Waals surface area contributed by atoms with Gasteiger partial charge in [0.1, 0.15) is 5.76 Å². The molecular formula is C12H13NOS. The minimum atomic E-state index is 0.834. The zero-order valence-corrected chi connectivity index (χ0v) is 9.60. The Bertz CT molecular complexity index is 476. The third-order valence-corrected chi connectivity index (χ3v) is 3.66. The molecule has 0 aliphatic carbocycles. The van der Waals surface area contributed by atoms with Gasteiger partial charge in [0.2, 0.25) is 0 Å². The van der Waals surface area contributed by atoms with Crippen molar-refractivity contribution in [2.24, 2.45) is 0 Å². The summed E-state index contributed by atoms with van der Waals surface area (Å²) in [5.41, 5.74) is 7.81. The summed E-state index contributed by atoms with van der Waals surface area (Å²) in [6, 6.07) is 7.94. The maximum absolute atomic E-state index is 5.85. The molecule has 0 saturated heterocycles. The molecule has 0 aliphatic heterocycles. The highest BCUT2D eigenvalue weighted by Crippen LogP contribution is 2.34. The number of nitrogen functional groups attached to an aromatic ring is 1. The van der Waals surface area contributed by atoms with E-state index in [0.29, 0.717) is 0 Å². The number of furan rings is 1. The molecule has 0 unspecified atom stereocenters. The van der Waals surface area contributed by atoms with Gasteiger partial charge < -0.3 is 10.2 Å². The predicted octanol–water partition coefficient (Wildman–Crippen LogP) is 3.63. The van der Waals surface area contributed by atoms with Crippen molar-refractivity contribution in [2.75, 3.05) is 5.73 Å². The highest BCUT2D eigenvalue weighted by molar-refractivity contribution is 7.99. The van der Waals surface area contributed by atoms with Gasteiger partial charge in [0, 0.05) is 10.6 Å². The Morgan fingerprint density at radius 1 is 1.13 bits per heavy atom. The van der Waals surface area contributed by atoms with E-state index >= 15 is 0 Å². The smallest absolute Gasteiger partial charge is 0.114 e. The number of nitrogens with two attached hydrogens (primary N) is 1. The average molecular weight is 219 g/mol. The number of benzene rings is 1. The fourth-order valence-corrected chi connectivity index (χ4v) is 2.31. The number of hydrogen-bond acceptors (Lipinski definition) is 3. The van der Waals surface area contributed by atoms with E-state index in [1.54, 1.807) is 18.0 Å². The molecule has 1 aromatic carbocycles. The number of aryl methyl sites for hydroxylation is 1. The third kappa shape index (κ3) is 2.02. The first kappa shape index (κ1) is 10.2. The molecule has 0 radical (unpaired) electrons. The van der Waals surface area contributed by atoms with Gasteiger partial charge in [-0.3, -0.25) is 0 Å². The zero-order chi connectivity index (χ0) is 10.8. The molecule has 2 aromatic rings. The normalized spacial score (nSPS) is 10.5. The molecule has 0 fully saturated rings. The molecule has 0 spiro atoms. The maximum Gasteiger partial charge on any atom is 0.114 e. The predicted molar refractivity (Wildman–Crippen MR) is 63.2 cm³/mol. The van der Waals surface area contributed by atoms with Crippen molar-refractivity contribution < 1.29 is 4.42 Å². The van der Waals surface area contributed by atoms with E-state index in [9.17, 15) is 0 Å². The van der Waals surface area contributed by atoms with Gasteiger partial charge in [-0.15, -0.1) is 0 Å². The van der Waals surface area contributed by atoms with Crippen LogP contribution < -0.4 is 5.73 Å². The van der Waals surface area contributed by atoms with E-state index in [2.05, 4.69) is 6.07 Å². The van der Waals surface area contributed by atoms with E-state index < -0.39 is 0 Å². The Kier molecular flexibility index (Phi) is 2.73. The molecule has 2 N–H and O–H groups in total. The van der Waals surface area contributed by atoms with Crippen LogP contribution in [-0.2, 0) is 0 Å². The average Bonchev–Trinajstić information content (AvgIpc) is 2.60. The molecule has 78 valence electrons. The van der Waals surface area contributed by atoms with Crippen LogP contribution >= 0.6 is 11.8 Å². The number of rotatable bonds is 2. The van der Waals surface area contributed by atoms with Crippen LogP contribution in [-0.4, -0.2) is 0 Å². The lowest BCUT2D eigenvalue weighted by molar-refractivity contribution is 0.527. The molecule has 3 heteroatoms. The van der Waals surface area contributed by atoms with Gasteiger partial charge in [-0.05, 0) is 37.6 Å². The van der Waals surface area contributed by atoms with Gasteiger partial charge in [-0.25, -0.2) is 0 Å². The molecule has 1 aromatic heterocycles. The monoisotopic (exact) mass is 219 g/mol. The van der Waals surface area contributed by atoms with Crippen molar-refractivity contribution in [1.82, 2.24) is 0 Å². The van der Waals surface area contributed by atoms with E-state index in [1.807, 2.05) is 32.0 Å². The summed E-state index contributed by atoms with van der Waals surface area (Å²) in [6.45, 7) is 4.00. The summed E-state index contributed by atoms with van der Waals surface area (Å²) in [6.07, 6.45) is 1.71. The van der Waals surface area contributed by atoms with E-state index in [1.165, 1.54) is 4.90 Å². The first-order chi connectivity index (χ1) is 7.18. The molecule has 2 nitrogen and oxygen atoms in total. The van der Waals surface area contributed by atoms with Crippen LogP contribution in [0.15, 0.2) is 44.7 Å². The summed E-state index contributed by atoms with van der Waals surface area (Å²) in [5.74, 6) is 0.946. The van der Waals surface area contributed by atoms with Crippen LogP contribution in [0.4, 0.5) is 5.69 Å². The van der Waals surface area contributed by atoms with Crippen LogP contribution in [0.2, 0.25) is 0 Å². The van der Waals surface area contributed by atoms with Crippen LogP contribution in [0.3, 0.4) is 0 Å². The zero-order valence-electron chi connectivity index (χ0n) is 8.78. The summed E-state index contributed by atoms with van der Waals surface area (Å²) >= 11 is 1.69. The van der Waals surface area contributed by atoms with Gasteiger partial charge in [-0.2, -0.15) is 0 Å². The second kappa shape index (κ2) is 4.03. The van der Waals surface area contributed by atoms with Gasteiger partial charge in [-0.1, -0.05) is 17.8 Å². The summed E-state index contributed by atoms with van der Waals surface area (Å²) < 4.78 is 5.25. The second-order valence-electron chi connectivity index (χ2n) is 3.41. The number of anilines is 1. The molecule has 0 aliphatic rings. The number of hydrogen-bond donors (Lipinski definition) is 1. The minimum absolute atomic E-state index is 0.834. The Morgan fingerprint density at radius 3 is 2.60 bits per heavy atom. The fourth-order valence-electron chi connectivity index (χ4n) is 1.34. The quantitative estimate of drug-likeness (QED) is 0.784. The minimum Gasteiger partial charge on any atom is -0.468 e. The van der Waals surface area contributed by atoms with Crippen molar-refractivity contribution in [2.45, 2.75) is 23.6 Å². The highest BCUT2D eigenvalue weighted by atomic mass is 32.2. The molecule has 2 rings (SSSR count). The van der Waals surface area contributed by atoms with Gasteiger partial charge in [0.05, 0.1) is 11.2 Å². The maximum atomic E-state index is 5.85. The highest BCUT2D eigenvalue weighted by Gasteiger charge is 2.06. The second-order valence-corrected chi connectivity index (χ2v) is 4.50. The van der Waals surface area contributed by atoms with Gasteiger partial charge in [0.25, 0.3) is 0 Å². The van der Waals surface area contributed by atoms with Crippen LogP contribution in [0, 0.1) is 13.8 Å². The summed E-state index contributed by atoms with van der Waals surface area (Å²) in [7, 11) is 0. The standard InChI is InChI=1S/C12H13NOS/c1-8-10(13)4-3-5-11(8)15-12-6-7-14-9(12)2/h3-7H,13H2,1-2H3. The van der Waals surface area contributed by atoms with Crippen LogP contribution in [0.25, 0.3) is 0 Å². The van der Waals surface area contributed by atoms with Gasteiger partial charge >= 0.3 is 0 Å². The Labute approximate surface area is 93.5 Å². The first-order valence-electron chi connectivity index (χ1n) is 4.75. The SMILES string of the molecule is Cc1occc1Sc1cccc(N)c1C. The van der Waals surface area contributed by atoms with Crippen molar-refractivity contribution in [3.8, 4) is 0 Å². The largest absolute Gasteiger partial charge is 0.468 e. The fraction of sp³-hybridized carbons (Fsp3) is 0.167. The lowest BCUT2D eigenvalue weighted by Gasteiger charge is -2.06. The molecule has 0 atom stereocenters. The van der Waals surface area contributed by atoms with E-state index in [0.717, 1.165) is 21.9 Å². The van der Waals surface area contributed by atoms with Crippen molar-refractivity contribution in [1.29, 1.82) is 0 Å². The molecule has 1 heterocycles. The topological polar surface area (TPSA) is 39.2 Å². The summed E-state index contributed by atoms with van der Waals surface area (Å²) in [5, 5.41) is 0. The first-order valence-corrected chi connectivity index (χ1v) is 5.57. The van der Waals surface area contributed by atoms with Crippen molar-refractivity contribution in [3.05, 3.63) is 41.9 Å². The van der Waals surface area contributed by atoms with E-state index in [4.69, 9.17) is 10.2 Å². The molecular weight excluding hydrogens is 206 g/mol. The Hall–Kier alpha value is -1.35. The van der Waals surface area contributed by atoms with Crippen LogP contribution in [0.1, 0.15) is 11.3 Å². The van der Waals surface area contributed by atoms with Crippen LogP contribution in [0.5, 0.6) is 0 Å². The third-order valence-electron chi connectivity index (χ3n) is 2.36. The Balaban J connectivity index is 2.33. The molecule has 0 saturated carbocycles.